The van der Waals surface area contributed by atoms with Crippen molar-refractivity contribution in [3.8, 4) is 0 Å². The molecule has 1 unspecified atom stereocenters. The number of anilines is 1. The molecule has 1 fully saturated rings. The Bertz CT molecular complexity index is 395. The van der Waals surface area contributed by atoms with Crippen molar-refractivity contribution in [2.45, 2.75) is 13.0 Å². The SMILES string of the molecule is CC1CSCCN1C(=O)c1ccc(NN)nc1. The molecule has 1 aromatic heterocycles. The number of rotatable bonds is 2. The molecule has 0 aliphatic carbocycles. The minimum atomic E-state index is 0.0499. The van der Waals surface area contributed by atoms with E-state index in [1.807, 2.05) is 16.7 Å². The maximum Gasteiger partial charge on any atom is 0.255 e. The van der Waals surface area contributed by atoms with Crippen molar-refractivity contribution in [1.82, 2.24) is 9.88 Å². The second-order valence-electron chi connectivity index (χ2n) is 4.00. The van der Waals surface area contributed by atoms with Gasteiger partial charge in [-0.1, -0.05) is 0 Å². The zero-order valence-electron chi connectivity index (χ0n) is 9.72. The number of hydrazine groups is 1. The first-order valence-electron chi connectivity index (χ1n) is 5.53. The molecule has 0 radical (unpaired) electrons. The molecule has 6 heteroatoms. The number of hydrogen-bond acceptors (Lipinski definition) is 5. The van der Waals surface area contributed by atoms with Crippen molar-refractivity contribution in [1.29, 1.82) is 0 Å². The van der Waals surface area contributed by atoms with Crippen molar-refractivity contribution >= 4 is 23.5 Å². The van der Waals surface area contributed by atoms with E-state index >= 15 is 0 Å². The highest BCUT2D eigenvalue weighted by molar-refractivity contribution is 7.99. The smallest absolute Gasteiger partial charge is 0.255 e. The van der Waals surface area contributed by atoms with E-state index in [1.165, 1.54) is 0 Å². The van der Waals surface area contributed by atoms with Gasteiger partial charge in [0.15, 0.2) is 0 Å². The highest BCUT2D eigenvalue weighted by Gasteiger charge is 2.24. The van der Waals surface area contributed by atoms with Crippen LogP contribution in [0.4, 0.5) is 5.82 Å². The molecule has 1 aliphatic heterocycles. The first-order valence-corrected chi connectivity index (χ1v) is 6.69. The normalized spacial score (nSPS) is 20.1. The van der Waals surface area contributed by atoms with Crippen LogP contribution in [-0.4, -0.2) is 39.9 Å². The van der Waals surface area contributed by atoms with Gasteiger partial charge in [0.05, 0.1) is 5.56 Å². The van der Waals surface area contributed by atoms with E-state index < -0.39 is 0 Å². The summed E-state index contributed by atoms with van der Waals surface area (Å²) in [6.45, 7) is 2.88. The Labute approximate surface area is 105 Å². The molecular formula is C11H16N4OS. The lowest BCUT2D eigenvalue weighted by Gasteiger charge is -2.33. The molecule has 0 bridgehead atoms. The van der Waals surface area contributed by atoms with Crippen LogP contribution in [0.15, 0.2) is 18.3 Å². The molecule has 0 spiro atoms. The Morgan fingerprint density at radius 3 is 3.06 bits per heavy atom. The number of carbonyl (C=O) groups excluding carboxylic acids is 1. The van der Waals surface area contributed by atoms with Gasteiger partial charge in [-0.25, -0.2) is 10.8 Å². The van der Waals surface area contributed by atoms with E-state index in [0.29, 0.717) is 11.4 Å². The number of nitrogens with one attached hydrogen (secondary N) is 1. The van der Waals surface area contributed by atoms with E-state index in [4.69, 9.17) is 5.84 Å². The van der Waals surface area contributed by atoms with Gasteiger partial charge in [-0.3, -0.25) is 4.79 Å². The molecule has 1 amide bonds. The monoisotopic (exact) mass is 252 g/mol. The summed E-state index contributed by atoms with van der Waals surface area (Å²) in [5, 5.41) is 0. The average Bonchev–Trinajstić information content (AvgIpc) is 2.39. The topological polar surface area (TPSA) is 71.2 Å². The highest BCUT2D eigenvalue weighted by Crippen LogP contribution is 2.18. The van der Waals surface area contributed by atoms with Crippen molar-refractivity contribution in [3.05, 3.63) is 23.9 Å². The van der Waals surface area contributed by atoms with Crippen LogP contribution >= 0.6 is 11.8 Å². The minimum absolute atomic E-state index is 0.0499. The Hall–Kier alpha value is -1.27. The number of thioether (sulfide) groups is 1. The van der Waals surface area contributed by atoms with Crippen LogP contribution < -0.4 is 11.3 Å². The number of aromatic nitrogens is 1. The Balaban J connectivity index is 2.12. The predicted octanol–water partition coefficient (Wildman–Crippen LogP) is 0.945. The largest absolute Gasteiger partial charge is 0.334 e. The van der Waals surface area contributed by atoms with Gasteiger partial charge >= 0.3 is 0 Å². The summed E-state index contributed by atoms with van der Waals surface area (Å²) >= 11 is 1.89. The van der Waals surface area contributed by atoms with Crippen LogP contribution in [0.3, 0.4) is 0 Å². The molecule has 0 aromatic carbocycles. The van der Waals surface area contributed by atoms with Crippen LogP contribution in [0, 0.1) is 0 Å². The Morgan fingerprint density at radius 1 is 1.65 bits per heavy atom. The summed E-state index contributed by atoms with van der Waals surface area (Å²) in [5.74, 6) is 7.85. The maximum atomic E-state index is 12.2. The number of nitrogen functional groups attached to an aromatic ring is 1. The van der Waals surface area contributed by atoms with Crippen molar-refractivity contribution < 1.29 is 4.79 Å². The number of nitrogens with two attached hydrogens (primary N) is 1. The predicted molar refractivity (Wildman–Crippen MR) is 69.9 cm³/mol. The Kier molecular flexibility index (Phi) is 3.86. The molecule has 1 aliphatic rings. The molecule has 17 heavy (non-hydrogen) atoms. The van der Waals surface area contributed by atoms with Crippen LogP contribution in [-0.2, 0) is 0 Å². The zero-order chi connectivity index (χ0) is 12.3. The maximum absolute atomic E-state index is 12.2. The van der Waals surface area contributed by atoms with Gasteiger partial charge in [0.2, 0.25) is 0 Å². The van der Waals surface area contributed by atoms with Crippen LogP contribution in [0.1, 0.15) is 17.3 Å². The molecule has 92 valence electrons. The molecule has 1 saturated heterocycles. The summed E-state index contributed by atoms with van der Waals surface area (Å²) in [5.41, 5.74) is 3.06. The van der Waals surface area contributed by atoms with Crippen molar-refractivity contribution in [2.75, 3.05) is 23.5 Å². The highest BCUT2D eigenvalue weighted by atomic mass is 32.2. The van der Waals surface area contributed by atoms with E-state index in [-0.39, 0.29) is 11.9 Å². The van der Waals surface area contributed by atoms with Crippen LogP contribution in [0.5, 0.6) is 0 Å². The fourth-order valence-corrected chi connectivity index (χ4v) is 2.81. The average molecular weight is 252 g/mol. The van der Waals surface area contributed by atoms with Gasteiger partial charge < -0.3 is 10.3 Å². The van der Waals surface area contributed by atoms with Gasteiger partial charge in [-0.05, 0) is 19.1 Å². The number of amides is 1. The summed E-state index contributed by atoms with van der Waals surface area (Å²) in [4.78, 5) is 18.2. The first-order chi connectivity index (χ1) is 8.22. The lowest BCUT2D eigenvalue weighted by Crippen LogP contribution is -2.44. The number of hydrogen-bond donors (Lipinski definition) is 2. The molecule has 1 aromatic rings. The minimum Gasteiger partial charge on any atom is -0.334 e. The van der Waals surface area contributed by atoms with E-state index in [0.717, 1.165) is 18.1 Å². The van der Waals surface area contributed by atoms with E-state index in [2.05, 4.69) is 17.3 Å². The van der Waals surface area contributed by atoms with Crippen LogP contribution in [0.2, 0.25) is 0 Å². The lowest BCUT2D eigenvalue weighted by atomic mass is 10.2. The standard InChI is InChI=1S/C11H16N4OS/c1-8-7-17-5-4-15(8)11(16)9-2-3-10(14-12)13-6-9/h2-3,6,8H,4-5,7,12H2,1H3,(H,13,14). The molecular weight excluding hydrogens is 236 g/mol. The van der Waals surface area contributed by atoms with Gasteiger partial charge in [0.1, 0.15) is 5.82 Å². The summed E-state index contributed by atoms with van der Waals surface area (Å²) in [7, 11) is 0. The van der Waals surface area contributed by atoms with E-state index in [9.17, 15) is 4.79 Å². The summed E-state index contributed by atoms with van der Waals surface area (Å²) < 4.78 is 0. The summed E-state index contributed by atoms with van der Waals surface area (Å²) in [6.07, 6.45) is 1.56. The second-order valence-corrected chi connectivity index (χ2v) is 5.15. The van der Waals surface area contributed by atoms with Gasteiger partial charge in [-0.15, -0.1) is 0 Å². The molecule has 1 atom stereocenters. The third-order valence-electron chi connectivity index (χ3n) is 2.79. The summed E-state index contributed by atoms with van der Waals surface area (Å²) in [6, 6.07) is 3.74. The first kappa shape index (κ1) is 12.2. The molecule has 3 N–H and O–H groups in total. The van der Waals surface area contributed by atoms with Crippen molar-refractivity contribution in [2.24, 2.45) is 5.84 Å². The number of pyridine rings is 1. The number of carbonyl (C=O) groups is 1. The second kappa shape index (κ2) is 5.37. The van der Waals surface area contributed by atoms with Gasteiger partial charge in [0, 0.05) is 30.3 Å². The van der Waals surface area contributed by atoms with Crippen LogP contribution in [0.25, 0.3) is 0 Å². The third-order valence-corrected chi connectivity index (χ3v) is 3.98. The van der Waals surface area contributed by atoms with Gasteiger partial charge in [-0.2, -0.15) is 11.8 Å². The fraction of sp³-hybridized carbons (Fsp3) is 0.455. The van der Waals surface area contributed by atoms with Gasteiger partial charge in [0.25, 0.3) is 5.91 Å². The third kappa shape index (κ3) is 2.70. The molecule has 5 nitrogen and oxygen atoms in total. The zero-order valence-corrected chi connectivity index (χ0v) is 10.5. The fourth-order valence-electron chi connectivity index (χ4n) is 1.80. The quantitative estimate of drug-likeness (QED) is 0.605. The lowest BCUT2D eigenvalue weighted by molar-refractivity contribution is 0.0715. The molecule has 2 rings (SSSR count). The van der Waals surface area contributed by atoms with Crippen molar-refractivity contribution in [3.63, 3.8) is 0 Å². The molecule has 2 heterocycles. The Morgan fingerprint density at radius 2 is 2.47 bits per heavy atom. The van der Waals surface area contributed by atoms with E-state index in [1.54, 1.807) is 18.3 Å². The number of nitrogens with zero attached hydrogens (tertiary/aromatic N) is 2. The molecule has 0 saturated carbocycles.